The van der Waals surface area contributed by atoms with E-state index < -0.39 is 23.6 Å². The summed E-state index contributed by atoms with van der Waals surface area (Å²) in [6.45, 7) is 5.41. The van der Waals surface area contributed by atoms with Gasteiger partial charge in [0.05, 0.1) is 19.6 Å². The molecule has 6 heteroatoms. The Morgan fingerprint density at radius 2 is 1.95 bits per heavy atom. The van der Waals surface area contributed by atoms with Crippen molar-refractivity contribution in [3.8, 4) is 0 Å². The van der Waals surface area contributed by atoms with Crippen LogP contribution in [0.1, 0.15) is 33.6 Å². The highest BCUT2D eigenvalue weighted by Crippen LogP contribution is 2.18. The monoisotopic (exact) mass is 271 g/mol. The quantitative estimate of drug-likeness (QED) is 0.674. The number of esters is 1. The van der Waals surface area contributed by atoms with Gasteiger partial charge in [0.2, 0.25) is 0 Å². The molecule has 1 saturated heterocycles. The van der Waals surface area contributed by atoms with Gasteiger partial charge in [0.15, 0.2) is 5.78 Å². The van der Waals surface area contributed by atoms with Crippen molar-refractivity contribution in [2.45, 2.75) is 39.2 Å². The number of methoxy groups -OCH3 is 1. The van der Waals surface area contributed by atoms with Gasteiger partial charge in [-0.25, -0.2) is 4.79 Å². The van der Waals surface area contributed by atoms with Gasteiger partial charge in [0.25, 0.3) is 0 Å². The maximum atomic E-state index is 12.0. The van der Waals surface area contributed by atoms with Crippen molar-refractivity contribution in [3.63, 3.8) is 0 Å². The molecule has 1 amide bonds. The number of hydrogen-bond donors (Lipinski definition) is 0. The Kier molecular flexibility index (Phi) is 4.91. The highest BCUT2D eigenvalue weighted by atomic mass is 16.6. The van der Waals surface area contributed by atoms with Gasteiger partial charge < -0.3 is 14.4 Å². The van der Waals surface area contributed by atoms with Crippen LogP contribution in [0.3, 0.4) is 0 Å². The van der Waals surface area contributed by atoms with E-state index in [-0.39, 0.29) is 25.3 Å². The predicted molar refractivity (Wildman–Crippen MR) is 67.6 cm³/mol. The largest absolute Gasteiger partial charge is 0.469 e. The molecule has 0 aromatic carbocycles. The zero-order chi connectivity index (χ0) is 14.6. The van der Waals surface area contributed by atoms with E-state index in [0.29, 0.717) is 6.42 Å². The Morgan fingerprint density at radius 3 is 2.47 bits per heavy atom. The van der Waals surface area contributed by atoms with E-state index in [4.69, 9.17) is 4.74 Å². The molecule has 19 heavy (non-hydrogen) atoms. The average molecular weight is 271 g/mol. The Hall–Kier alpha value is -1.59. The zero-order valence-electron chi connectivity index (χ0n) is 11.9. The van der Waals surface area contributed by atoms with Crippen LogP contribution in [0.4, 0.5) is 4.79 Å². The first-order valence-corrected chi connectivity index (χ1v) is 6.30. The number of Topliss-reactive ketones (excluding diaryl/α,β-unsaturated/α-hetero) is 1. The predicted octanol–water partition coefficient (Wildman–Crippen LogP) is 1.38. The van der Waals surface area contributed by atoms with Crippen LogP contribution in [0.15, 0.2) is 0 Å². The van der Waals surface area contributed by atoms with Crippen molar-refractivity contribution in [2.75, 3.05) is 20.2 Å². The molecule has 108 valence electrons. The maximum absolute atomic E-state index is 12.0. The summed E-state index contributed by atoms with van der Waals surface area (Å²) in [6.07, 6.45) is 0.112. The fraction of sp³-hybridized carbons (Fsp3) is 0.769. The molecule has 1 rings (SSSR count). The summed E-state index contributed by atoms with van der Waals surface area (Å²) < 4.78 is 9.91. The second kappa shape index (κ2) is 6.04. The number of nitrogens with zero attached hydrogens (tertiary/aromatic N) is 1. The van der Waals surface area contributed by atoms with Crippen molar-refractivity contribution >= 4 is 17.8 Å². The number of rotatable bonds is 1. The molecule has 0 aromatic heterocycles. The third kappa shape index (κ3) is 4.89. The summed E-state index contributed by atoms with van der Waals surface area (Å²) in [6, 6.07) is 0. The summed E-state index contributed by atoms with van der Waals surface area (Å²) in [7, 11) is 1.30. The van der Waals surface area contributed by atoms with E-state index in [1.807, 2.05) is 0 Å². The highest BCUT2D eigenvalue weighted by Gasteiger charge is 2.32. The van der Waals surface area contributed by atoms with Crippen molar-refractivity contribution in [1.29, 1.82) is 0 Å². The molecule has 0 N–H and O–H groups in total. The maximum Gasteiger partial charge on any atom is 0.410 e. The number of likely N-dealkylation sites (tertiary alicyclic amines) is 1. The minimum absolute atomic E-state index is 0.0115. The van der Waals surface area contributed by atoms with Crippen LogP contribution in [-0.2, 0) is 19.1 Å². The minimum atomic E-state index is -0.632. The minimum Gasteiger partial charge on any atom is -0.469 e. The van der Waals surface area contributed by atoms with E-state index in [1.54, 1.807) is 20.8 Å². The number of ketones is 1. The molecule has 1 fully saturated rings. The summed E-state index contributed by atoms with van der Waals surface area (Å²) >= 11 is 0. The van der Waals surface area contributed by atoms with Gasteiger partial charge in [-0.15, -0.1) is 0 Å². The van der Waals surface area contributed by atoms with Crippen LogP contribution in [0.2, 0.25) is 0 Å². The number of carbonyl (C=O) groups excluding carboxylic acids is 3. The Balaban J connectivity index is 2.77. The standard InChI is InChI=1S/C13H21NO5/c1-13(2,3)19-12(17)14-7-9(11(16)18-4)5-6-10(15)8-14/h9H,5-8H2,1-4H3/t9-/m1/s1. The molecule has 0 aromatic rings. The first-order chi connectivity index (χ1) is 8.73. The molecule has 1 heterocycles. The van der Waals surface area contributed by atoms with Gasteiger partial charge in [0.1, 0.15) is 5.60 Å². The lowest BCUT2D eigenvalue weighted by molar-refractivity contribution is -0.146. The number of amides is 1. The Bertz CT molecular complexity index is 372. The smallest absolute Gasteiger partial charge is 0.410 e. The summed E-state index contributed by atoms with van der Waals surface area (Å²) in [5.74, 6) is -0.940. The van der Waals surface area contributed by atoms with E-state index in [1.165, 1.54) is 12.0 Å². The van der Waals surface area contributed by atoms with Gasteiger partial charge in [-0.05, 0) is 27.2 Å². The Labute approximate surface area is 113 Å². The molecule has 0 spiro atoms. The van der Waals surface area contributed by atoms with Gasteiger partial charge >= 0.3 is 12.1 Å². The first kappa shape index (κ1) is 15.5. The molecule has 1 aliphatic rings. The molecular formula is C13H21NO5. The lowest BCUT2D eigenvalue weighted by Crippen LogP contribution is -2.41. The molecule has 0 radical (unpaired) electrons. The summed E-state index contributed by atoms with van der Waals surface area (Å²) in [5.41, 5.74) is -0.632. The SMILES string of the molecule is COC(=O)[C@@H]1CCC(=O)CN(C(=O)OC(C)(C)C)C1. The van der Waals surface area contributed by atoms with Crippen molar-refractivity contribution in [1.82, 2.24) is 4.90 Å². The molecular weight excluding hydrogens is 250 g/mol. The number of ether oxygens (including phenoxy) is 2. The second-order valence-corrected chi connectivity index (χ2v) is 5.66. The van der Waals surface area contributed by atoms with E-state index in [2.05, 4.69) is 4.74 Å². The number of hydrogen-bond acceptors (Lipinski definition) is 5. The Morgan fingerprint density at radius 1 is 1.32 bits per heavy atom. The van der Waals surface area contributed by atoms with Crippen LogP contribution >= 0.6 is 0 Å². The van der Waals surface area contributed by atoms with Crippen LogP contribution in [0, 0.1) is 5.92 Å². The highest BCUT2D eigenvalue weighted by molar-refractivity contribution is 5.86. The summed E-state index contributed by atoms with van der Waals surface area (Å²) in [5, 5.41) is 0. The molecule has 0 bridgehead atoms. The normalized spacial score (nSPS) is 20.7. The molecule has 0 saturated carbocycles. The van der Waals surface area contributed by atoms with E-state index in [0.717, 1.165) is 0 Å². The third-order valence-corrected chi connectivity index (χ3v) is 2.77. The van der Waals surface area contributed by atoms with E-state index >= 15 is 0 Å². The topological polar surface area (TPSA) is 72.9 Å². The van der Waals surface area contributed by atoms with Crippen LogP contribution in [-0.4, -0.2) is 48.5 Å². The molecule has 0 aliphatic carbocycles. The van der Waals surface area contributed by atoms with Crippen molar-refractivity contribution in [3.05, 3.63) is 0 Å². The molecule has 1 aliphatic heterocycles. The average Bonchev–Trinajstić information content (AvgIpc) is 2.48. The zero-order valence-corrected chi connectivity index (χ0v) is 11.9. The van der Waals surface area contributed by atoms with Crippen LogP contribution in [0.5, 0.6) is 0 Å². The molecule has 0 unspecified atom stereocenters. The molecule has 1 atom stereocenters. The van der Waals surface area contributed by atoms with Gasteiger partial charge in [0, 0.05) is 13.0 Å². The van der Waals surface area contributed by atoms with Gasteiger partial charge in [-0.2, -0.15) is 0 Å². The fourth-order valence-electron chi connectivity index (χ4n) is 1.87. The van der Waals surface area contributed by atoms with Gasteiger partial charge in [-0.1, -0.05) is 0 Å². The van der Waals surface area contributed by atoms with Crippen molar-refractivity contribution in [2.24, 2.45) is 5.92 Å². The molecule has 6 nitrogen and oxygen atoms in total. The fourth-order valence-corrected chi connectivity index (χ4v) is 1.87. The first-order valence-electron chi connectivity index (χ1n) is 6.30. The second-order valence-electron chi connectivity index (χ2n) is 5.66. The number of carbonyl (C=O) groups is 3. The third-order valence-electron chi connectivity index (χ3n) is 2.77. The van der Waals surface area contributed by atoms with Gasteiger partial charge in [-0.3, -0.25) is 9.59 Å². The van der Waals surface area contributed by atoms with E-state index in [9.17, 15) is 14.4 Å². The summed E-state index contributed by atoms with van der Waals surface area (Å²) in [4.78, 5) is 36.4. The van der Waals surface area contributed by atoms with Crippen LogP contribution < -0.4 is 0 Å². The van der Waals surface area contributed by atoms with Crippen LogP contribution in [0.25, 0.3) is 0 Å². The lowest BCUT2D eigenvalue weighted by Gasteiger charge is -2.27. The van der Waals surface area contributed by atoms with Crippen molar-refractivity contribution < 1.29 is 23.9 Å². The lowest BCUT2D eigenvalue weighted by atomic mass is 10.0.